The number of halogens is 2. The van der Waals surface area contributed by atoms with Gasteiger partial charge < -0.3 is 10.1 Å². The molecule has 2 aromatic heterocycles. The lowest BCUT2D eigenvalue weighted by atomic mass is 10.1. The van der Waals surface area contributed by atoms with Crippen LogP contribution < -0.4 is 14.8 Å². The van der Waals surface area contributed by atoms with E-state index in [1.807, 2.05) is 24.3 Å². The van der Waals surface area contributed by atoms with Crippen molar-refractivity contribution in [3.63, 3.8) is 0 Å². The molecule has 32 heavy (non-hydrogen) atoms. The molecular formula is C21H19BrClN5O3S. The van der Waals surface area contributed by atoms with Crippen LogP contribution in [-0.4, -0.2) is 43.2 Å². The van der Waals surface area contributed by atoms with Gasteiger partial charge in [-0.05, 0) is 46.3 Å². The van der Waals surface area contributed by atoms with E-state index in [1.54, 1.807) is 28.9 Å². The molecular weight excluding hydrogens is 518 g/mol. The fourth-order valence-corrected chi connectivity index (χ4v) is 4.70. The third-order valence-corrected chi connectivity index (χ3v) is 7.04. The molecule has 0 saturated heterocycles. The number of anilines is 1. The highest BCUT2D eigenvalue weighted by atomic mass is 79.9. The number of fused-ring (bicyclic) bond motifs is 1. The zero-order chi connectivity index (χ0) is 22.7. The third kappa shape index (κ3) is 4.73. The molecule has 11 heteroatoms. The topological polar surface area (TPSA) is 97.6 Å². The molecule has 0 amide bonds. The first-order chi connectivity index (χ1) is 15.4. The van der Waals surface area contributed by atoms with Gasteiger partial charge in [0.15, 0.2) is 5.65 Å². The highest BCUT2D eigenvalue weighted by Gasteiger charge is 2.15. The maximum absolute atomic E-state index is 12.5. The van der Waals surface area contributed by atoms with E-state index in [-0.39, 0.29) is 11.4 Å². The van der Waals surface area contributed by atoms with Gasteiger partial charge in [-0.3, -0.25) is 0 Å². The predicted molar refractivity (Wildman–Crippen MR) is 128 cm³/mol. The largest absolute Gasteiger partial charge is 0.497 e. The first-order valence-electron chi connectivity index (χ1n) is 9.56. The van der Waals surface area contributed by atoms with Crippen molar-refractivity contribution in [1.29, 1.82) is 0 Å². The second-order valence-electron chi connectivity index (χ2n) is 6.73. The first-order valence-corrected chi connectivity index (χ1v) is 12.2. The van der Waals surface area contributed by atoms with Crippen molar-refractivity contribution in [2.24, 2.45) is 0 Å². The maximum Gasteiger partial charge on any atom is 0.240 e. The summed E-state index contributed by atoms with van der Waals surface area (Å²) in [5, 5.41) is 8.13. The molecule has 8 nitrogen and oxygen atoms in total. The smallest absolute Gasteiger partial charge is 0.240 e. The summed E-state index contributed by atoms with van der Waals surface area (Å²) < 4.78 is 35.0. The molecule has 0 saturated carbocycles. The summed E-state index contributed by atoms with van der Waals surface area (Å²) in [4.78, 5) is 4.82. The Morgan fingerprint density at radius 2 is 1.88 bits per heavy atom. The van der Waals surface area contributed by atoms with Crippen molar-refractivity contribution < 1.29 is 13.2 Å². The Bertz CT molecular complexity index is 1360. The van der Waals surface area contributed by atoms with Crippen LogP contribution in [0.25, 0.3) is 16.9 Å². The summed E-state index contributed by atoms with van der Waals surface area (Å²) in [6, 6.07) is 15.5. The highest BCUT2D eigenvalue weighted by Crippen LogP contribution is 2.30. The SMILES string of the molecule is COc1ccc(S(=O)(=O)NCCNc2cc(-c3ccccc3Cl)nc3c(Br)cnn23)cc1. The summed E-state index contributed by atoms with van der Waals surface area (Å²) in [5.41, 5.74) is 2.07. The normalized spacial score (nSPS) is 11.6. The number of benzene rings is 2. The van der Waals surface area contributed by atoms with Crippen LogP contribution in [0.2, 0.25) is 5.02 Å². The lowest BCUT2D eigenvalue weighted by Crippen LogP contribution is -2.29. The molecule has 4 aromatic rings. The Morgan fingerprint density at radius 3 is 2.59 bits per heavy atom. The van der Waals surface area contributed by atoms with Crippen molar-refractivity contribution in [3.8, 4) is 17.0 Å². The number of ether oxygens (including phenoxy) is 1. The summed E-state index contributed by atoms with van der Waals surface area (Å²) >= 11 is 9.81. The molecule has 0 unspecified atom stereocenters. The molecule has 0 spiro atoms. The van der Waals surface area contributed by atoms with Gasteiger partial charge in [0, 0.05) is 29.7 Å². The van der Waals surface area contributed by atoms with Gasteiger partial charge in [0.05, 0.1) is 28.4 Å². The van der Waals surface area contributed by atoms with Crippen LogP contribution in [0.5, 0.6) is 5.75 Å². The minimum atomic E-state index is -3.64. The van der Waals surface area contributed by atoms with E-state index in [0.29, 0.717) is 34.5 Å². The Kier molecular flexibility index (Phi) is 6.66. The highest BCUT2D eigenvalue weighted by molar-refractivity contribution is 9.10. The van der Waals surface area contributed by atoms with Gasteiger partial charge in [0.25, 0.3) is 0 Å². The second kappa shape index (κ2) is 9.45. The molecule has 0 aliphatic rings. The van der Waals surface area contributed by atoms with Crippen LogP contribution in [0, 0.1) is 0 Å². The zero-order valence-electron chi connectivity index (χ0n) is 16.9. The minimum Gasteiger partial charge on any atom is -0.497 e. The molecule has 0 bridgehead atoms. The zero-order valence-corrected chi connectivity index (χ0v) is 20.1. The molecule has 2 heterocycles. The van der Waals surface area contributed by atoms with Crippen LogP contribution in [0.4, 0.5) is 5.82 Å². The summed E-state index contributed by atoms with van der Waals surface area (Å²) in [6.07, 6.45) is 1.65. The van der Waals surface area contributed by atoms with E-state index in [9.17, 15) is 8.42 Å². The molecule has 0 radical (unpaired) electrons. The van der Waals surface area contributed by atoms with E-state index < -0.39 is 10.0 Å². The molecule has 0 aliphatic carbocycles. The second-order valence-corrected chi connectivity index (χ2v) is 9.76. The number of aromatic nitrogens is 3. The fraction of sp³-hybridized carbons (Fsp3) is 0.143. The summed E-state index contributed by atoms with van der Waals surface area (Å²) in [7, 11) is -2.11. The van der Waals surface area contributed by atoms with Crippen LogP contribution in [-0.2, 0) is 10.0 Å². The standard InChI is InChI=1S/C21H19BrClN5O3S/c1-31-14-6-8-15(9-7-14)32(29,30)26-11-10-24-20-12-19(16-4-2-3-5-18(16)23)27-21-17(22)13-25-28(20)21/h2-9,12-13,24,26H,10-11H2,1H3. The molecule has 0 atom stereocenters. The number of methoxy groups -OCH3 is 1. The van der Waals surface area contributed by atoms with Crippen molar-refractivity contribution in [2.75, 3.05) is 25.5 Å². The average molecular weight is 537 g/mol. The van der Waals surface area contributed by atoms with Gasteiger partial charge in [-0.25, -0.2) is 18.1 Å². The Hall–Kier alpha value is -2.66. The maximum atomic E-state index is 12.5. The van der Waals surface area contributed by atoms with Crippen LogP contribution in [0.1, 0.15) is 0 Å². The summed E-state index contributed by atoms with van der Waals surface area (Å²) in [5.74, 6) is 1.24. The van der Waals surface area contributed by atoms with Crippen molar-refractivity contribution in [2.45, 2.75) is 4.90 Å². The third-order valence-electron chi connectivity index (χ3n) is 4.67. The monoisotopic (exact) mass is 535 g/mol. The lowest BCUT2D eigenvalue weighted by Gasteiger charge is -2.12. The van der Waals surface area contributed by atoms with Crippen LogP contribution >= 0.6 is 27.5 Å². The number of nitrogens with one attached hydrogen (secondary N) is 2. The van der Waals surface area contributed by atoms with E-state index in [0.717, 1.165) is 10.0 Å². The molecule has 0 fully saturated rings. The van der Waals surface area contributed by atoms with E-state index >= 15 is 0 Å². The number of hydrogen-bond donors (Lipinski definition) is 2. The Labute approximate surface area is 198 Å². The van der Waals surface area contributed by atoms with Crippen molar-refractivity contribution in [1.82, 2.24) is 19.3 Å². The van der Waals surface area contributed by atoms with Gasteiger partial charge >= 0.3 is 0 Å². The van der Waals surface area contributed by atoms with Gasteiger partial charge in [-0.15, -0.1) is 0 Å². The van der Waals surface area contributed by atoms with E-state index in [4.69, 9.17) is 16.3 Å². The van der Waals surface area contributed by atoms with E-state index in [1.165, 1.54) is 19.2 Å². The van der Waals surface area contributed by atoms with Gasteiger partial charge in [0.2, 0.25) is 10.0 Å². The first kappa shape index (κ1) is 22.5. The molecule has 0 aliphatic heterocycles. The molecule has 2 N–H and O–H groups in total. The Balaban J connectivity index is 1.51. The number of rotatable bonds is 8. The van der Waals surface area contributed by atoms with Crippen molar-refractivity contribution in [3.05, 3.63) is 70.3 Å². The minimum absolute atomic E-state index is 0.168. The average Bonchev–Trinajstić information content (AvgIpc) is 3.18. The molecule has 4 rings (SSSR count). The molecule has 166 valence electrons. The molecule has 2 aromatic carbocycles. The van der Waals surface area contributed by atoms with E-state index in [2.05, 4.69) is 36.1 Å². The number of sulfonamides is 1. The fourth-order valence-electron chi connectivity index (χ4n) is 3.08. The van der Waals surface area contributed by atoms with Gasteiger partial charge in [-0.1, -0.05) is 29.8 Å². The van der Waals surface area contributed by atoms with Crippen molar-refractivity contribution >= 4 is 49.0 Å². The van der Waals surface area contributed by atoms with Gasteiger partial charge in [-0.2, -0.15) is 9.61 Å². The Morgan fingerprint density at radius 1 is 1.12 bits per heavy atom. The summed E-state index contributed by atoms with van der Waals surface area (Å²) in [6.45, 7) is 0.496. The quantitative estimate of drug-likeness (QED) is 0.328. The van der Waals surface area contributed by atoms with Crippen LogP contribution in [0.15, 0.2) is 70.2 Å². The van der Waals surface area contributed by atoms with Gasteiger partial charge in [0.1, 0.15) is 11.6 Å². The lowest BCUT2D eigenvalue weighted by molar-refractivity contribution is 0.414. The number of nitrogens with zero attached hydrogens (tertiary/aromatic N) is 3. The van der Waals surface area contributed by atoms with Crippen LogP contribution in [0.3, 0.4) is 0 Å². The predicted octanol–water partition coefficient (Wildman–Crippen LogP) is 4.21. The number of hydrogen-bond acceptors (Lipinski definition) is 6.